The van der Waals surface area contributed by atoms with Crippen LogP contribution >= 0.6 is 0 Å². The van der Waals surface area contributed by atoms with Gasteiger partial charge in [-0.3, -0.25) is 9.59 Å². The zero-order chi connectivity index (χ0) is 19.3. The van der Waals surface area contributed by atoms with E-state index >= 15 is 0 Å². The first-order valence-corrected chi connectivity index (χ1v) is 8.31. The van der Waals surface area contributed by atoms with Crippen molar-refractivity contribution in [2.24, 2.45) is 0 Å². The van der Waals surface area contributed by atoms with Gasteiger partial charge in [-0.25, -0.2) is 0 Å². The van der Waals surface area contributed by atoms with E-state index in [-0.39, 0.29) is 11.5 Å². The van der Waals surface area contributed by atoms with E-state index in [1.165, 1.54) is 38.1 Å². The van der Waals surface area contributed by atoms with E-state index in [0.717, 1.165) is 0 Å². The van der Waals surface area contributed by atoms with Gasteiger partial charge >= 0.3 is 11.9 Å². The summed E-state index contributed by atoms with van der Waals surface area (Å²) in [5, 5.41) is 21.1. The number of benzene rings is 2. The Morgan fingerprint density at radius 1 is 0.778 bits per heavy atom. The summed E-state index contributed by atoms with van der Waals surface area (Å²) in [7, 11) is 0. The first kappa shape index (κ1) is 16.9. The molecule has 0 aromatic heterocycles. The van der Waals surface area contributed by atoms with Gasteiger partial charge in [-0.1, -0.05) is 24.3 Å². The summed E-state index contributed by atoms with van der Waals surface area (Å²) in [5.41, 5.74) is 1.14. The number of esters is 2. The van der Waals surface area contributed by atoms with Crippen molar-refractivity contribution in [3.8, 4) is 23.0 Å². The fourth-order valence-corrected chi connectivity index (χ4v) is 3.81. The summed E-state index contributed by atoms with van der Waals surface area (Å²) < 4.78 is 10.5. The minimum absolute atomic E-state index is 0.000640. The van der Waals surface area contributed by atoms with Crippen molar-refractivity contribution in [3.05, 3.63) is 58.7 Å². The average Bonchev–Trinajstić information content (AvgIpc) is 3.17. The molecule has 0 amide bonds. The zero-order valence-electron chi connectivity index (χ0n) is 14.6. The summed E-state index contributed by atoms with van der Waals surface area (Å²) in [4.78, 5) is 22.8. The molecule has 0 fully saturated rings. The third-order valence-electron chi connectivity index (χ3n) is 4.73. The van der Waals surface area contributed by atoms with Crippen LogP contribution < -0.4 is 9.47 Å². The minimum Gasteiger partial charge on any atom is -0.508 e. The van der Waals surface area contributed by atoms with Crippen LogP contribution in [-0.2, 0) is 15.0 Å². The number of phenolic OH excluding ortho intramolecular Hbond substituents is 2. The Morgan fingerprint density at radius 3 is 1.56 bits per heavy atom. The fraction of sp³-hybridized carbons (Fsp3) is 0.143. The quantitative estimate of drug-likeness (QED) is 0.627. The molecule has 0 saturated heterocycles. The smallest absolute Gasteiger partial charge is 0.308 e. The topological polar surface area (TPSA) is 93.1 Å². The van der Waals surface area contributed by atoms with Crippen LogP contribution in [0.1, 0.15) is 36.1 Å². The summed E-state index contributed by atoms with van der Waals surface area (Å²) >= 11 is 0. The van der Waals surface area contributed by atoms with Crippen LogP contribution in [0.5, 0.6) is 23.0 Å². The molecule has 4 rings (SSSR count). The molecule has 0 radical (unpaired) electrons. The van der Waals surface area contributed by atoms with Gasteiger partial charge in [-0.2, -0.15) is 0 Å². The van der Waals surface area contributed by atoms with Crippen LogP contribution in [0.4, 0.5) is 0 Å². The average molecular weight is 364 g/mol. The van der Waals surface area contributed by atoms with Gasteiger partial charge in [0.05, 0.1) is 5.41 Å². The number of allylic oxidation sites excluding steroid dienone is 2. The second-order valence-corrected chi connectivity index (χ2v) is 6.47. The number of fused-ring (bicyclic) bond motifs is 4. The third kappa shape index (κ3) is 2.41. The van der Waals surface area contributed by atoms with E-state index in [4.69, 9.17) is 9.47 Å². The molecule has 2 aliphatic carbocycles. The van der Waals surface area contributed by atoms with E-state index in [9.17, 15) is 19.8 Å². The number of hydrogen-bond acceptors (Lipinski definition) is 6. The second kappa shape index (κ2) is 5.74. The van der Waals surface area contributed by atoms with Crippen molar-refractivity contribution in [1.29, 1.82) is 0 Å². The standard InChI is InChI=1S/C21H16O6/c1-11(22)26-17-5-3-15(24)19-13(17)7-9-21(19)10-8-14-18(27-12(2)23)6-4-16(25)20(14)21/h3-10,24-25H,1-2H3. The molecule has 2 N–H and O–H groups in total. The SMILES string of the molecule is CC(=O)Oc1ccc(O)c2c1C=CC21C=Cc2c(OC(C)=O)ccc(O)c21. The molecule has 0 saturated carbocycles. The number of carbonyl (C=O) groups is 2. The maximum absolute atomic E-state index is 11.4. The number of aromatic hydroxyl groups is 2. The Bertz CT molecular complexity index is 975. The molecule has 0 unspecified atom stereocenters. The van der Waals surface area contributed by atoms with E-state index in [1.807, 2.05) is 12.2 Å². The van der Waals surface area contributed by atoms with Crippen molar-refractivity contribution in [3.63, 3.8) is 0 Å². The van der Waals surface area contributed by atoms with Gasteiger partial charge in [0.2, 0.25) is 0 Å². The van der Waals surface area contributed by atoms with Crippen molar-refractivity contribution in [2.75, 3.05) is 0 Å². The van der Waals surface area contributed by atoms with Crippen LogP contribution in [0.2, 0.25) is 0 Å². The Labute approximate surface area is 155 Å². The number of ether oxygens (including phenoxy) is 2. The highest BCUT2D eigenvalue weighted by molar-refractivity contribution is 5.88. The lowest BCUT2D eigenvalue weighted by molar-refractivity contribution is -0.132. The van der Waals surface area contributed by atoms with Crippen LogP contribution in [0.3, 0.4) is 0 Å². The highest BCUT2D eigenvalue weighted by Gasteiger charge is 2.45. The first-order valence-electron chi connectivity index (χ1n) is 8.31. The highest BCUT2D eigenvalue weighted by Crippen LogP contribution is 2.56. The molecule has 2 aromatic rings. The van der Waals surface area contributed by atoms with E-state index in [2.05, 4.69) is 0 Å². The molecule has 2 aromatic carbocycles. The molecule has 136 valence electrons. The molecule has 27 heavy (non-hydrogen) atoms. The van der Waals surface area contributed by atoms with Gasteiger partial charge in [0.1, 0.15) is 23.0 Å². The van der Waals surface area contributed by atoms with E-state index < -0.39 is 17.4 Å². The van der Waals surface area contributed by atoms with Crippen LogP contribution in [0.15, 0.2) is 36.4 Å². The predicted octanol–water partition coefficient (Wildman–Crippen LogP) is 3.29. The molecular formula is C21H16O6. The van der Waals surface area contributed by atoms with Gasteiger partial charge in [-0.05, 0) is 24.3 Å². The van der Waals surface area contributed by atoms with Crippen molar-refractivity contribution >= 4 is 24.1 Å². The van der Waals surface area contributed by atoms with Crippen LogP contribution in [0.25, 0.3) is 12.2 Å². The van der Waals surface area contributed by atoms with Gasteiger partial charge in [-0.15, -0.1) is 0 Å². The third-order valence-corrected chi connectivity index (χ3v) is 4.73. The Hall–Kier alpha value is -3.54. The lowest BCUT2D eigenvalue weighted by atomic mass is 9.77. The van der Waals surface area contributed by atoms with E-state index in [1.54, 1.807) is 12.2 Å². The largest absolute Gasteiger partial charge is 0.508 e. The molecule has 0 atom stereocenters. The molecule has 6 heteroatoms. The molecule has 0 aliphatic heterocycles. The Balaban J connectivity index is 1.95. The summed E-state index contributed by atoms with van der Waals surface area (Å²) in [6.07, 6.45) is 7.10. The van der Waals surface area contributed by atoms with Gasteiger partial charge in [0.15, 0.2) is 0 Å². The fourth-order valence-electron chi connectivity index (χ4n) is 3.81. The summed E-state index contributed by atoms with van der Waals surface area (Å²) in [6.45, 7) is 2.60. The zero-order valence-corrected chi connectivity index (χ0v) is 14.6. The summed E-state index contributed by atoms with van der Waals surface area (Å²) in [5.74, 6) is -0.303. The normalized spacial score (nSPS) is 14.9. The first-order chi connectivity index (χ1) is 12.8. The predicted molar refractivity (Wildman–Crippen MR) is 97.7 cm³/mol. The Kier molecular flexibility index (Phi) is 3.59. The van der Waals surface area contributed by atoms with E-state index in [0.29, 0.717) is 33.8 Å². The maximum Gasteiger partial charge on any atom is 0.308 e. The number of rotatable bonds is 2. The molecule has 1 spiro atoms. The van der Waals surface area contributed by atoms with Crippen molar-refractivity contribution in [2.45, 2.75) is 19.3 Å². The maximum atomic E-state index is 11.4. The van der Waals surface area contributed by atoms with Gasteiger partial charge in [0, 0.05) is 36.1 Å². The van der Waals surface area contributed by atoms with Gasteiger partial charge in [0.25, 0.3) is 0 Å². The number of carbonyl (C=O) groups excluding carboxylic acids is 2. The minimum atomic E-state index is -0.953. The lowest BCUT2D eigenvalue weighted by Crippen LogP contribution is -2.20. The molecule has 0 heterocycles. The number of hydrogen-bond donors (Lipinski definition) is 2. The molecule has 2 aliphatic rings. The van der Waals surface area contributed by atoms with Crippen molar-refractivity contribution < 1.29 is 29.3 Å². The van der Waals surface area contributed by atoms with Crippen LogP contribution in [0, 0.1) is 0 Å². The molecular weight excluding hydrogens is 348 g/mol. The highest BCUT2D eigenvalue weighted by atomic mass is 16.5. The van der Waals surface area contributed by atoms with Gasteiger partial charge < -0.3 is 19.7 Å². The van der Waals surface area contributed by atoms with Crippen LogP contribution in [-0.4, -0.2) is 22.2 Å². The molecule has 6 nitrogen and oxygen atoms in total. The second-order valence-electron chi connectivity index (χ2n) is 6.47. The summed E-state index contributed by atoms with van der Waals surface area (Å²) in [6, 6.07) is 5.94. The Morgan fingerprint density at radius 2 is 1.19 bits per heavy atom. The monoisotopic (exact) mass is 364 g/mol. The molecule has 0 bridgehead atoms. The van der Waals surface area contributed by atoms with Crippen molar-refractivity contribution in [1.82, 2.24) is 0 Å². The lowest BCUT2D eigenvalue weighted by Gasteiger charge is -2.26. The number of phenols is 2.